The van der Waals surface area contributed by atoms with Gasteiger partial charge in [0.1, 0.15) is 5.41 Å². The van der Waals surface area contributed by atoms with Crippen molar-refractivity contribution < 1.29 is 27.5 Å². The molecule has 0 aliphatic heterocycles. The normalized spacial score (nSPS) is 13.9. The number of carbonyl (C=O) groups is 2. The summed E-state index contributed by atoms with van der Waals surface area (Å²) in [6, 6.07) is 20.6. The zero-order valence-electron chi connectivity index (χ0n) is 19.1. The number of carbonyl (C=O) groups excluding carboxylic acids is 2. The van der Waals surface area contributed by atoms with Gasteiger partial charge in [0.2, 0.25) is 0 Å². The monoisotopic (exact) mass is 501 g/mol. The molecule has 0 saturated heterocycles. The van der Waals surface area contributed by atoms with Gasteiger partial charge in [0.05, 0.1) is 12.8 Å². The molecular weight excluding hydrogens is 479 g/mol. The summed E-state index contributed by atoms with van der Waals surface area (Å²) in [5, 5.41) is 0.340. The molecule has 0 unspecified atom stereocenters. The second-order valence-corrected chi connectivity index (χ2v) is 8.59. The Balaban J connectivity index is 2.17. The van der Waals surface area contributed by atoms with Gasteiger partial charge in [-0.05, 0) is 31.2 Å². The maximum absolute atomic E-state index is 14.6. The van der Waals surface area contributed by atoms with Crippen molar-refractivity contribution in [3.8, 4) is 0 Å². The lowest BCUT2D eigenvalue weighted by Crippen LogP contribution is -2.50. The van der Waals surface area contributed by atoms with E-state index in [0.717, 1.165) is 14.0 Å². The van der Waals surface area contributed by atoms with Crippen LogP contribution in [-0.4, -0.2) is 36.8 Å². The third-order valence-corrected chi connectivity index (χ3v) is 5.97. The van der Waals surface area contributed by atoms with E-state index in [1.165, 1.54) is 24.3 Å². The molecule has 0 spiro atoms. The minimum Gasteiger partial charge on any atom is -0.467 e. The lowest BCUT2D eigenvalue weighted by Gasteiger charge is -2.35. The molecule has 0 fully saturated rings. The quantitative estimate of drug-likeness (QED) is 0.199. The Hall–Kier alpha value is -3.45. The van der Waals surface area contributed by atoms with Crippen LogP contribution in [0.25, 0.3) is 0 Å². The molecule has 0 aliphatic rings. The zero-order valence-corrected chi connectivity index (χ0v) is 19.8. The van der Waals surface area contributed by atoms with Crippen LogP contribution in [0, 0.1) is 5.41 Å². The molecule has 0 aromatic heterocycles. The second-order valence-electron chi connectivity index (χ2n) is 8.16. The molecule has 182 valence electrons. The number of Topliss-reactive ketones (excluding diaryl/α,β-unsaturated/α-hetero) is 1. The molecule has 35 heavy (non-hydrogen) atoms. The Kier molecular flexibility index (Phi) is 8.12. The number of methoxy groups -OCH3 is 1. The summed E-state index contributed by atoms with van der Waals surface area (Å²) in [5.74, 6) is -2.00. The third-order valence-electron chi connectivity index (χ3n) is 5.72. The first-order chi connectivity index (χ1) is 16.6. The molecule has 3 aromatic carbocycles. The highest BCUT2D eigenvalue weighted by Gasteiger charge is 2.60. The third kappa shape index (κ3) is 5.98. The largest absolute Gasteiger partial charge is 0.467 e. The van der Waals surface area contributed by atoms with E-state index < -0.39 is 35.8 Å². The van der Waals surface area contributed by atoms with Crippen LogP contribution in [0.3, 0.4) is 0 Å². The highest BCUT2D eigenvalue weighted by Crippen LogP contribution is 2.46. The number of hydrogen-bond acceptors (Lipinski definition) is 4. The molecular formula is C27H23ClF3NO3. The van der Waals surface area contributed by atoms with Crippen molar-refractivity contribution in [3.63, 3.8) is 0 Å². The predicted octanol–water partition coefficient (Wildman–Crippen LogP) is 6.56. The summed E-state index contributed by atoms with van der Waals surface area (Å²) in [6.45, 7) is 0.819. The average molecular weight is 502 g/mol. The zero-order chi connectivity index (χ0) is 25.6. The lowest BCUT2D eigenvalue weighted by atomic mass is 9.76. The van der Waals surface area contributed by atoms with Gasteiger partial charge in [0, 0.05) is 28.1 Å². The maximum Gasteiger partial charge on any atom is 0.397 e. The average Bonchev–Trinajstić information content (AvgIpc) is 2.85. The van der Waals surface area contributed by atoms with E-state index in [1.54, 1.807) is 60.7 Å². The van der Waals surface area contributed by atoms with Crippen LogP contribution in [0.1, 0.15) is 34.8 Å². The van der Waals surface area contributed by atoms with E-state index in [1.807, 2.05) is 0 Å². The van der Waals surface area contributed by atoms with Crippen LogP contribution in [0.4, 0.5) is 13.2 Å². The van der Waals surface area contributed by atoms with Crippen molar-refractivity contribution in [1.29, 1.82) is 0 Å². The van der Waals surface area contributed by atoms with Gasteiger partial charge in [-0.25, -0.2) is 4.79 Å². The number of aliphatic imine (C=N–C) groups is 1. The molecule has 8 heteroatoms. The number of hydrogen-bond donors (Lipinski definition) is 0. The van der Waals surface area contributed by atoms with Crippen LogP contribution in [0.2, 0.25) is 5.02 Å². The molecule has 3 aromatic rings. The number of ether oxygens (including phenoxy) is 1. The molecule has 0 N–H and O–H groups in total. The van der Waals surface area contributed by atoms with E-state index in [4.69, 9.17) is 16.3 Å². The standard InChI is InChI=1S/C27H23ClF3NO3/c1-26(27(29,30)31,17-22(33)18-13-15-21(28)16-14-18)24(25(34)35-2)32-23(19-9-5-3-6-10-19)20-11-7-4-8-12-20/h3-16,24H,17H2,1-2H3/t24-,26+/m1/s1. The van der Waals surface area contributed by atoms with Gasteiger partial charge in [-0.15, -0.1) is 0 Å². The topological polar surface area (TPSA) is 55.7 Å². The Morgan fingerprint density at radius 1 is 0.857 bits per heavy atom. The van der Waals surface area contributed by atoms with E-state index >= 15 is 0 Å². The molecule has 0 saturated carbocycles. The Morgan fingerprint density at radius 2 is 1.34 bits per heavy atom. The minimum absolute atomic E-state index is 0.0452. The number of nitrogens with zero attached hydrogens (tertiary/aromatic N) is 1. The highest BCUT2D eigenvalue weighted by molar-refractivity contribution is 6.30. The van der Waals surface area contributed by atoms with Crippen LogP contribution in [0.15, 0.2) is 89.9 Å². The maximum atomic E-state index is 14.6. The molecule has 0 amide bonds. The van der Waals surface area contributed by atoms with Crippen LogP contribution in [0.5, 0.6) is 0 Å². The number of halogens is 4. The van der Waals surface area contributed by atoms with E-state index in [9.17, 15) is 22.8 Å². The fraction of sp³-hybridized carbons (Fsp3) is 0.222. The first-order valence-electron chi connectivity index (χ1n) is 10.7. The van der Waals surface area contributed by atoms with Crippen molar-refractivity contribution >= 4 is 29.1 Å². The molecule has 0 bridgehead atoms. The molecule has 4 nitrogen and oxygen atoms in total. The summed E-state index contributed by atoms with van der Waals surface area (Å²) >= 11 is 5.84. The number of alkyl halides is 3. The summed E-state index contributed by atoms with van der Waals surface area (Å²) in [7, 11) is 0.993. The van der Waals surface area contributed by atoms with Crippen molar-refractivity contribution in [2.75, 3.05) is 7.11 Å². The van der Waals surface area contributed by atoms with Crippen LogP contribution < -0.4 is 0 Å². The number of rotatable bonds is 8. The lowest BCUT2D eigenvalue weighted by molar-refractivity contribution is -0.226. The molecule has 0 heterocycles. The van der Waals surface area contributed by atoms with E-state index in [0.29, 0.717) is 16.1 Å². The Labute approximate surface area is 206 Å². The summed E-state index contributed by atoms with van der Waals surface area (Å²) in [5.41, 5.74) is -1.60. The molecule has 0 aliphatic carbocycles. The van der Waals surface area contributed by atoms with Gasteiger partial charge < -0.3 is 4.74 Å². The summed E-state index contributed by atoms with van der Waals surface area (Å²) < 4.78 is 48.5. The van der Waals surface area contributed by atoms with Crippen molar-refractivity contribution in [2.24, 2.45) is 10.4 Å². The van der Waals surface area contributed by atoms with Gasteiger partial charge in [-0.3, -0.25) is 9.79 Å². The molecule has 3 rings (SSSR count). The van der Waals surface area contributed by atoms with Crippen LogP contribution in [-0.2, 0) is 9.53 Å². The minimum atomic E-state index is -4.96. The molecule has 2 atom stereocenters. The van der Waals surface area contributed by atoms with Gasteiger partial charge >= 0.3 is 12.1 Å². The predicted molar refractivity (Wildman–Crippen MR) is 129 cm³/mol. The van der Waals surface area contributed by atoms with Crippen LogP contribution >= 0.6 is 11.6 Å². The number of esters is 1. The Morgan fingerprint density at radius 3 is 1.77 bits per heavy atom. The van der Waals surface area contributed by atoms with Crippen molar-refractivity contribution in [1.82, 2.24) is 0 Å². The fourth-order valence-electron chi connectivity index (χ4n) is 3.63. The smallest absolute Gasteiger partial charge is 0.397 e. The van der Waals surface area contributed by atoms with Crippen molar-refractivity contribution in [3.05, 3.63) is 107 Å². The number of benzene rings is 3. The Bertz CT molecular complexity index is 1150. The summed E-state index contributed by atoms with van der Waals surface area (Å²) in [6.07, 6.45) is -5.98. The summed E-state index contributed by atoms with van der Waals surface area (Å²) in [4.78, 5) is 30.1. The van der Waals surface area contributed by atoms with E-state index in [2.05, 4.69) is 4.99 Å². The first kappa shape index (κ1) is 26.2. The SMILES string of the molecule is COC(=O)[C@@H](N=C(c1ccccc1)c1ccccc1)[C@](C)(CC(=O)c1ccc(Cl)cc1)C(F)(F)F. The van der Waals surface area contributed by atoms with Gasteiger partial charge in [0.25, 0.3) is 0 Å². The van der Waals surface area contributed by atoms with Gasteiger partial charge in [-0.2, -0.15) is 13.2 Å². The molecule has 0 radical (unpaired) electrons. The van der Waals surface area contributed by atoms with Crippen molar-refractivity contribution in [2.45, 2.75) is 25.6 Å². The highest BCUT2D eigenvalue weighted by atomic mass is 35.5. The fourth-order valence-corrected chi connectivity index (χ4v) is 3.75. The second kappa shape index (κ2) is 10.9. The van der Waals surface area contributed by atoms with Gasteiger partial charge in [-0.1, -0.05) is 72.3 Å². The van der Waals surface area contributed by atoms with Gasteiger partial charge in [0.15, 0.2) is 11.8 Å². The first-order valence-corrected chi connectivity index (χ1v) is 11.1. The van der Waals surface area contributed by atoms with E-state index in [-0.39, 0.29) is 11.3 Å². The number of ketones is 1.